The number of thioether (sulfide) groups is 1. The molecule has 0 spiro atoms. The summed E-state index contributed by atoms with van der Waals surface area (Å²) < 4.78 is 0. The van der Waals surface area contributed by atoms with E-state index < -0.39 is 0 Å². The van der Waals surface area contributed by atoms with E-state index in [4.69, 9.17) is 0 Å². The highest BCUT2D eigenvalue weighted by molar-refractivity contribution is 7.98. The Balaban J connectivity index is 2.49. The standard InChI is InChI=1S/C10H20N2OS/c1-8-6-11-7-9(2)12(8)10(13)4-5-14-3/h8-9,11H,4-7H2,1-3H3. The number of hydrogen-bond acceptors (Lipinski definition) is 3. The number of nitrogens with one attached hydrogen (secondary N) is 1. The molecule has 82 valence electrons. The molecule has 2 unspecified atom stereocenters. The van der Waals surface area contributed by atoms with Crippen molar-refractivity contribution < 1.29 is 4.79 Å². The second-order valence-corrected chi connectivity index (χ2v) is 4.89. The smallest absolute Gasteiger partial charge is 0.223 e. The molecule has 4 heteroatoms. The van der Waals surface area contributed by atoms with Gasteiger partial charge >= 0.3 is 0 Å². The maximum absolute atomic E-state index is 11.9. The molecule has 0 aromatic carbocycles. The first-order chi connectivity index (χ1) is 6.66. The van der Waals surface area contributed by atoms with E-state index in [1.165, 1.54) is 0 Å². The molecule has 1 aliphatic rings. The lowest BCUT2D eigenvalue weighted by Gasteiger charge is -2.39. The summed E-state index contributed by atoms with van der Waals surface area (Å²) >= 11 is 1.73. The molecule has 1 fully saturated rings. The van der Waals surface area contributed by atoms with Crippen LogP contribution in [0.4, 0.5) is 0 Å². The minimum atomic E-state index is 0.306. The number of rotatable bonds is 3. The van der Waals surface area contributed by atoms with Crippen LogP contribution in [-0.4, -0.2) is 48.0 Å². The second-order valence-electron chi connectivity index (χ2n) is 3.90. The molecule has 1 heterocycles. The fourth-order valence-corrected chi connectivity index (χ4v) is 2.32. The van der Waals surface area contributed by atoms with Crippen LogP contribution in [-0.2, 0) is 4.79 Å². The third-order valence-electron chi connectivity index (χ3n) is 2.64. The number of carbonyl (C=O) groups is 1. The zero-order chi connectivity index (χ0) is 10.6. The van der Waals surface area contributed by atoms with Crippen molar-refractivity contribution in [3.8, 4) is 0 Å². The van der Waals surface area contributed by atoms with E-state index >= 15 is 0 Å². The van der Waals surface area contributed by atoms with E-state index in [0.29, 0.717) is 24.4 Å². The Morgan fingerprint density at radius 1 is 1.43 bits per heavy atom. The summed E-state index contributed by atoms with van der Waals surface area (Å²) in [5, 5.41) is 3.33. The topological polar surface area (TPSA) is 32.3 Å². The Bertz CT molecular complexity index is 189. The van der Waals surface area contributed by atoms with Gasteiger partial charge in [-0.05, 0) is 20.1 Å². The molecule has 2 atom stereocenters. The first-order valence-electron chi connectivity index (χ1n) is 5.17. The lowest BCUT2D eigenvalue weighted by atomic mass is 10.1. The van der Waals surface area contributed by atoms with Gasteiger partial charge in [0.05, 0.1) is 0 Å². The van der Waals surface area contributed by atoms with Gasteiger partial charge in [-0.25, -0.2) is 0 Å². The van der Waals surface area contributed by atoms with Gasteiger partial charge in [-0.1, -0.05) is 0 Å². The monoisotopic (exact) mass is 216 g/mol. The summed E-state index contributed by atoms with van der Waals surface area (Å²) in [5.41, 5.74) is 0. The normalized spacial score (nSPS) is 27.8. The van der Waals surface area contributed by atoms with Crippen LogP contribution in [0.5, 0.6) is 0 Å². The number of nitrogens with zero attached hydrogens (tertiary/aromatic N) is 1. The molecular formula is C10H20N2OS. The van der Waals surface area contributed by atoms with Crippen molar-refractivity contribution in [3.05, 3.63) is 0 Å². The molecule has 1 amide bonds. The van der Waals surface area contributed by atoms with E-state index in [9.17, 15) is 4.79 Å². The third kappa shape index (κ3) is 2.89. The van der Waals surface area contributed by atoms with Crippen molar-refractivity contribution in [2.45, 2.75) is 32.4 Å². The molecule has 14 heavy (non-hydrogen) atoms. The third-order valence-corrected chi connectivity index (χ3v) is 3.25. The van der Waals surface area contributed by atoms with Crippen LogP contribution in [0, 0.1) is 0 Å². The van der Waals surface area contributed by atoms with Crippen molar-refractivity contribution in [3.63, 3.8) is 0 Å². The average molecular weight is 216 g/mol. The first-order valence-corrected chi connectivity index (χ1v) is 6.57. The molecular weight excluding hydrogens is 196 g/mol. The number of piperazine rings is 1. The summed E-state index contributed by atoms with van der Waals surface area (Å²) in [6.07, 6.45) is 2.72. The maximum atomic E-state index is 11.9. The fourth-order valence-electron chi connectivity index (χ4n) is 1.94. The highest BCUT2D eigenvalue weighted by Crippen LogP contribution is 2.12. The van der Waals surface area contributed by atoms with Crippen molar-refractivity contribution in [1.82, 2.24) is 10.2 Å². The number of hydrogen-bond donors (Lipinski definition) is 1. The minimum absolute atomic E-state index is 0.306. The molecule has 1 aliphatic heterocycles. The van der Waals surface area contributed by atoms with Crippen LogP contribution in [0.2, 0.25) is 0 Å². The van der Waals surface area contributed by atoms with Crippen LogP contribution in [0.1, 0.15) is 20.3 Å². The molecule has 0 aromatic heterocycles. The van der Waals surface area contributed by atoms with E-state index in [1.807, 2.05) is 11.2 Å². The molecule has 0 aliphatic carbocycles. The molecule has 0 saturated carbocycles. The Hall–Kier alpha value is -0.220. The van der Waals surface area contributed by atoms with Gasteiger partial charge in [-0.2, -0.15) is 11.8 Å². The van der Waals surface area contributed by atoms with Gasteiger partial charge in [0.2, 0.25) is 5.91 Å². The summed E-state index contributed by atoms with van der Waals surface area (Å²) in [6, 6.07) is 0.682. The summed E-state index contributed by atoms with van der Waals surface area (Å²) in [5.74, 6) is 1.24. The molecule has 0 bridgehead atoms. The Labute approximate surface area is 90.6 Å². The van der Waals surface area contributed by atoms with Crippen LogP contribution >= 0.6 is 11.8 Å². The van der Waals surface area contributed by atoms with E-state index in [0.717, 1.165) is 18.8 Å². The Kier molecular flexibility index (Phi) is 4.75. The van der Waals surface area contributed by atoms with Crippen LogP contribution in [0.15, 0.2) is 0 Å². The lowest BCUT2D eigenvalue weighted by molar-refractivity contribution is -0.136. The summed E-state index contributed by atoms with van der Waals surface area (Å²) in [6.45, 7) is 6.07. The molecule has 1 saturated heterocycles. The summed E-state index contributed by atoms with van der Waals surface area (Å²) in [7, 11) is 0. The van der Waals surface area contributed by atoms with Crippen LogP contribution in [0.25, 0.3) is 0 Å². The molecule has 1 rings (SSSR count). The summed E-state index contributed by atoms with van der Waals surface area (Å²) in [4.78, 5) is 13.9. The lowest BCUT2D eigenvalue weighted by Crippen LogP contribution is -2.57. The highest BCUT2D eigenvalue weighted by atomic mass is 32.2. The van der Waals surface area contributed by atoms with Gasteiger partial charge in [0.1, 0.15) is 0 Å². The van der Waals surface area contributed by atoms with Gasteiger partial charge in [-0.15, -0.1) is 0 Å². The number of amides is 1. The molecule has 0 aromatic rings. The van der Waals surface area contributed by atoms with Gasteiger partial charge < -0.3 is 10.2 Å². The van der Waals surface area contributed by atoms with E-state index in [1.54, 1.807) is 11.8 Å². The number of carbonyl (C=O) groups excluding carboxylic acids is 1. The van der Waals surface area contributed by atoms with Gasteiger partial charge in [0.15, 0.2) is 0 Å². The van der Waals surface area contributed by atoms with Crippen molar-refractivity contribution in [1.29, 1.82) is 0 Å². The highest BCUT2D eigenvalue weighted by Gasteiger charge is 2.27. The zero-order valence-corrected chi connectivity index (χ0v) is 10.1. The Morgan fingerprint density at radius 3 is 2.50 bits per heavy atom. The first kappa shape index (κ1) is 11.9. The molecule has 0 radical (unpaired) electrons. The SMILES string of the molecule is CSCCC(=O)N1C(C)CNCC1C. The van der Waals surface area contributed by atoms with Crippen molar-refractivity contribution >= 4 is 17.7 Å². The molecule has 3 nitrogen and oxygen atoms in total. The van der Waals surface area contributed by atoms with Crippen molar-refractivity contribution in [2.24, 2.45) is 0 Å². The quantitative estimate of drug-likeness (QED) is 0.762. The minimum Gasteiger partial charge on any atom is -0.335 e. The van der Waals surface area contributed by atoms with Crippen molar-refractivity contribution in [2.75, 3.05) is 25.1 Å². The predicted molar refractivity (Wildman–Crippen MR) is 61.6 cm³/mol. The molecule has 1 N–H and O–H groups in total. The van der Waals surface area contributed by atoms with Gasteiger partial charge in [0.25, 0.3) is 0 Å². The second kappa shape index (κ2) is 5.61. The van der Waals surface area contributed by atoms with Crippen LogP contribution in [0.3, 0.4) is 0 Å². The fraction of sp³-hybridized carbons (Fsp3) is 0.900. The maximum Gasteiger partial charge on any atom is 0.223 e. The average Bonchev–Trinajstić information content (AvgIpc) is 2.14. The van der Waals surface area contributed by atoms with Gasteiger partial charge in [0, 0.05) is 37.3 Å². The Morgan fingerprint density at radius 2 is 2.00 bits per heavy atom. The van der Waals surface area contributed by atoms with Gasteiger partial charge in [-0.3, -0.25) is 4.79 Å². The zero-order valence-electron chi connectivity index (χ0n) is 9.25. The van der Waals surface area contributed by atoms with Crippen LogP contribution < -0.4 is 5.32 Å². The predicted octanol–water partition coefficient (Wildman–Crippen LogP) is 0.948. The van der Waals surface area contributed by atoms with E-state index in [-0.39, 0.29) is 0 Å². The van der Waals surface area contributed by atoms with E-state index in [2.05, 4.69) is 19.2 Å². The largest absolute Gasteiger partial charge is 0.335 e.